The van der Waals surface area contributed by atoms with E-state index in [0.717, 1.165) is 22.4 Å². The molecule has 2 aromatic carbocycles. The Hall–Kier alpha value is -3.61. The number of hydrogen-bond acceptors (Lipinski definition) is 7. The smallest absolute Gasteiger partial charge is 0.333 e. The molecular formula is C28H27NO6. The van der Waals surface area contributed by atoms with Crippen molar-refractivity contribution in [2.75, 3.05) is 5.32 Å². The van der Waals surface area contributed by atoms with Crippen molar-refractivity contribution >= 4 is 23.6 Å². The number of fused-ring (bicyclic) bond motifs is 3. The number of hydrogen-bond donors (Lipinski definition) is 1. The molecule has 0 aromatic heterocycles. The van der Waals surface area contributed by atoms with Gasteiger partial charge in [0.1, 0.15) is 12.2 Å². The van der Waals surface area contributed by atoms with E-state index in [1.54, 1.807) is 6.92 Å². The van der Waals surface area contributed by atoms with Gasteiger partial charge in [0.25, 0.3) is 0 Å². The van der Waals surface area contributed by atoms with Crippen LogP contribution in [0.3, 0.4) is 0 Å². The highest BCUT2D eigenvalue weighted by Crippen LogP contribution is 2.59. The Morgan fingerprint density at radius 1 is 1.09 bits per heavy atom. The molecule has 7 unspecified atom stereocenters. The first kappa shape index (κ1) is 21.9. The van der Waals surface area contributed by atoms with Gasteiger partial charge in [-0.2, -0.15) is 0 Å². The van der Waals surface area contributed by atoms with Crippen LogP contribution in [0.25, 0.3) is 0 Å². The number of benzene rings is 2. The zero-order valence-electron chi connectivity index (χ0n) is 19.7. The van der Waals surface area contributed by atoms with E-state index in [1.807, 2.05) is 55.5 Å². The fraction of sp³-hybridized carbons (Fsp3) is 0.393. The number of carbonyl (C=O) groups excluding carboxylic acids is 3. The summed E-state index contributed by atoms with van der Waals surface area (Å²) >= 11 is 0. The van der Waals surface area contributed by atoms with E-state index in [-0.39, 0.29) is 17.4 Å². The Morgan fingerprint density at radius 2 is 1.80 bits per heavy atom. The van der Waals surface area contributed by atoms with Gasteiger partial charge in [0.15, 0.2) is 5.60 Å². The van der Waals surface area contributed by atoms with Crippen LogP contribution >= 0.6 is 0 Å². The predicted molar refractivity (Wildman–Crippen MR) is 126 cm³/mol. The van der Waals surface area contributed by atoms with Crippen molar-refractivity contribution in [1.82, 2.24) is 0 Å². The van der Waals surface area contributed by atoms with Gasteiger partial charge < -0.3 is 19.5 Å². The van der Waals surface area contributed by atoms with E-state index < -0.39 is 47.6 Å². The van der Waals surface area contributed by atoms with Gasteiger partial charge in [-0.3, -0.25) is 9.59 Å². The van der Waals surface area contributed by atoms with Gasteiger partial charge in [-0.15, -0.1) is 0 Å². The molecule has 3 fully saturated rings. The van der Waals surface area contributed by atoms with Crippen molar-refractivity contribution in [3.05, 3.63) is 77.4 Å². The lowest BCUT2D eigenvalue weighted by molar-refractivity contribution is -0.170. The maximum atomic E-state index is 13.9. The monoisotopic (exact) mass is 473 g/mol. The molecule has 7 heteroatoms. The third-order valence-corrected chi connectivity index (χ3v) is 8.16. The number of rotatable bonds is 4. The largest absolute Gasteiger partial charge is 0.458 e. The zero-order chi connectivity index (χ0) is 24.5. The molecule has 180 valence electrons. The second-order valence-electron chi connectivity index (χ2n) is 10.2. The highest BCUT2D eigenvalue weighted by atomic mass is 16.6. The average Bonchev–Trinajstić information content (AvgIpc) is 3.43. The summed E-state index contributed by atoms with van der Waals surface area (Å²) in [5.74, 6) is -3.22. The first-order valence-electron chi connectivity index (χ1n) is 12.0. The van der Waals surface area contributed by atoms with Crippen LogP contribution in [0.2, 0.25) is 0 Å². The summed E-state index contributed by atoms with van der Waals surface area (Å²) in [5.41, 5.74) is 2.85. The summed E-state index contributed by atoms with van der Waals surface area (Å²) in [6.07, 6.45) is -0.600. The molecule has 7 nitrogen and oxygen atoms in total. The van der Waals surface area contributed by atoms with Gasteiger partial charge in [0.2, 0.25) is 0 Å². The molecule has 2 heterocycles. The van der Waals surface area contributed by atoms with Crippen LogP contribution in [0, 0.1) is 23.7 Å². The van der Waals surface area contributed by atoms with E-state index in [2.05, 4.69) is 11.9 Å². The van der Waals surface area contributed by atoms with Crippen LogP contribution in [-0.2, 0) is 40.7 Å². The second-order valence-corrected chi connectivity index (χ2v) is 10.2. The Labute approximate surface area is 203 Å². The Kier molecular flexibility index (Phi) is 4.82. The topological polar surface area (TPSA) is 90.9 Å². The molecule has 6 rings (SSSR count). The minimum Gasteiger partial charge on any atom is -0.458 e. The molecule has 1 N–H and O–H groups in total. The molecule has 0 amide bonds. The van der Waals surface area contributed by atoms with Crippen molar-refractivity contribution in [2.45, 2.75) is 44.6 Å². The van der Waals surface area contributed by atoms with Gasteiger partial charge >= 0.3 is 17.9 Å². The van der Waals surface area contributed by atoms with E-state index in [9.17, 15) is 14.4 Å². The summed E-state index contributed by atoms with van der Waals surface area (Å²) in [7, 11) is 0. The van der Waals surface area contributed by atoms with Gasteiger partial charge in [-0.1, -0.05) is 49.0 Å². The van der Waals surface area contributed by atoms with Crippen molar-refractivity contribution < 1.29 is 28.6 Å². The summed E-state index contributed by atoms with van der Waals surface area (Å²) in [4.78, 5) is 39.0. The summed E-state index contributed by atoms with van der Waals surface area (Å²) in [6, 6.07) is 15.7. The van der Waals surface area contributed by atoms with E-state index in [0.29, 0.717) is 13.0 Å². The number of anilines is 1. The lowest BCUT2D eigenvalue weighted by Crippen LogP contribution is -2.45. The molecule has 2 aliphatic carbocycles. The number of nitrogens with one attached hydrogen (secondary N) is 1. The molecule has 2 saturated carbocycles. The molecule has 2 bridgehead atoms. The Morgan fingerprint density at radius 3 is 2.57 bits per heavy atom. The molecule has 1 saturated heterocycles. The van der Waals surface area contributed by atoms with Crippen LogP contribution in [0.4, 0.5) is 5.69 Å². The third-order valence-electron chi connectivity index (χ3n) is 8.16. The molecule has 0 spiro atoms. The van der Waals surface area contributed by atoms with Crippen molar-refractivity contribution in [2.24, 2.45) is 23.7 Å². The molecule has 4 aliphatic rings. The molecule has 7 atom stereocenters. The molecule has 2 aliphatic heterocycles. The maximum absolute atomic E-state index is 13.9. The molecule has 35 heavy (non-hydrogen) atoms. The number of esters is 3. The first-order valence-corrected chi connectivity index (χ1v) is 12.0. The SMILES string of the molecule is C=C(C)C(=O)OC1C2CC3C1OC(=O)C3C2C(=O)OC1(C)c2ccccc2CNc2ccccc21. The van der Waals surface area contributed by atoms with Crippen molar-refractivity contribution in [1.29, 1.82) is 0 Å². The summed E-state index contributed by atoms with van der Waals surface area (Å²) in [5, 5.41) is 3.45. The fourth-order valence-corrected chi connectivity index (χ4v) is 6.60. The Balaban J connectivity index is 1.37. The quantitative estimate of drug-likeness (QED) is 0.411. The molecule has 2 aromatic rings. The van der Waals surface area contributed by atoms with Crippen molar-refractivity contribution in [3.8, 4) is 0 Å². The van der Waals surface area contributed by atoms with Crippen LogP contribution in [0.15, 0.2) is 60.7 Å². The highest BCUT2D eigenvalue weighted by molar-refractivity contribution is 5.89. The Bertz CT molecular complexity index is 1220. The fourth-order valence-electron chi connectivity index (χ4n) is 6.60. The van der Waals surface area contributed by atoms with Gasteiger partial charge in [0.05, 0.1) is 11.8 Å². The predicted octanol–water partition coefficient (Wildman–Crippen LogP) is 3.71. The summed E-state index contributed by atoms with van der Waals surface area (Å²) in [6.45, 7) is 7.72. The van der Waals surface area contributed by atoms with E-state index in [1.165, 1.54) is 0 Å². The summed E-state index contributed by atoms with van der Waals surface area (Å²) < 4.78 is 17.7. The second kappa shape index (κ2) is 7.70. The maximum Gasteiger partial charge on any atom is 0.333 e. The molecule has 0 radical (unpaired) electrons. The van der Waals surface area contributed by atoms with Crippen LogP contribution in [0.5, 0.6) is 0 Å². The third kappa shape index (κ3) is 3.14. The lowest BCUT2D eigenvalue weighted by atomic mass is 9.78. The normalized spacial score (nSPS) is 33.6. The van der Waals surface area contributed by atoms with Gasteiger partial charge in [0, 0.05) is 40.8 Å². The van der Waals surface area contributed by atoms with Crippen LogP contribution < -0.4 is 5.32 Å². The lowest BCUT2D eigenvalue weighted by Gasteiger charge is -2.36. The minimum absolute atomic E-state index is 0.156. The van der Waals surface area contributed by atoms with Gasteiger partial charge in [-0.05, 0) is 31.9 Å². The number of ether oxygens (including phenoxy) is 3. The van der Waals surface area contributed by atoms with E-state index >= 15 is 0 Å². The first-order chi connectivity index (χ1) is 16.8. The van der Waals surface area contributed by atoms with Crippen LogP contribution in [0.1, 0.15) is 37.0 Å². The average molecular weight is 474 g/mol. The van der Waals surface area contributed by atoms with Crippen molar-refractivity contribution in [3.63, 3.8) is 0 Å². The number of carbonyl (C=O) groups is 3. The standard InChI is InChI=1S/C28H27NO6/c1-14(2)25(30)33-23-17-12-16-21(26(31)34-24(16)23)22(17)27(32)35-28(3)18-9-5-4-8-15(18)13-29-20-11-7-6-10-19(20)28/h4-11,16-17,21-24,29H,1,12-13H2,2-3H3. The highest BCUT2D eigenvalue weighted by Gasteiger charge is 2.70. The van der Waals surface area contributed by atoms with E-state index in [4.69, 9.17) is 14.2 Å². The van der Waals surface area contributed by atoms with Crippen LogP contribution in [-0.4, -0.2) is 30.1 Å². The van der Waals surface area contributed by atoms with Gasteiger partial charge in [-0.25, -0.2) is 4.79 Å². The zero-order valence-corrected chi connectivity index (χ0v) is 19.7. The minimum atomic E-state index is -1.07. The number of para-hydroxylation sites is 1. The molecular weight excluding hydrogens is 446 g/mol.